The van der Waals surface area contributed by atoms with Gasteiger partial charge in [0, 0.05) is 6.61 Å². The van der Waals surface area contributed by atoms with Crippen LogP contribution < -0.4 is 0 Å². The minimum atomic E-state index is -0.516. The van der Waals surface area contributed by atoms with Crippen molar-refractivity contribution in [3.8, 4) is 0 Å². The van der Waals surface area contributed by atoms with Crippen molar-refractivity contribution in [1.82, 2.24) is 0 Å². The summed E-state index contributed by atoms with van der Waals surface area (Å²) in [6.45, 7) is 8.05. The molecule has 4 heteroatoms. The minimum Gasteiger partial charge on any atom is -0.501 e. The topological polar surface area (TPSA) is 44.8 Å². The Hall–Kier alpha value is -1.03. The molecule has 0 saturated carbocycles. The first-order chi connectivity index (χ1) is 6.61. The van der Waals surface area contributed by atoms with Crippen LogP contribution in [0.1, 0.15) is 27.7 Å². The van der Waals surface area contributed by atoms with Gasteiger partial charge < -0.3 is 14.2 Å². The van der Waals surface area contributed by atoms with Gasteiger partial charge in [0.2, 0.25) is 0 Å². The fraction of sp³-hybridized carbons (Fsp3) is 0.700. The van der Waals surface area contributed by atoms with Crippen molar-refractivity contribution < 1.29 is 19.0 Å². The number of carbonyl (C=O) groups excluding carboxylic acids is 1. The average Bonchev–Trinajstić information content (AvgIpc) is 2.14. The van der Waals surface area contributed by atoms with Gasteiger partial charge in [-0.3, -0.25) is 0 Å². The van der Waals surface area contributed by atoms with Crippen LogP contribution in [0, 0.1) is 0 Å². The van der Waals surface area contributed by atoms with Gasteiger partial charge in [0.25, 0.3) is 0 Å². The molecular formula is C10H18O4. The normalized spacial score (nSPS) is 13.6. The monoisotopic (exact) mass is 202 g/mol. The lowest BCUT2D eigenvalue weighted by Crippen LogP contribution is -2.18. The average molecular weight is 202 g/mol. The number of hydrogen-bond donors (Lipinski definition) is 0. The van der Waals surface area contributed by atoms with Gasteiger partial charge in [-0.15, -0.1) is 0 Å². The summed E-state index contributed by atoms with van der Waals surface area (Å²) in [6, 6.07) is 0. The molecule has 1 unspecified atom stereocenters. The second kappa shape index (κ2) is 7.38. The fourth-order valence-electron chi connectivity index (χ4n) is 0.769. The van der Waals surface area contributed by atoms with E-state index in [1.807, 2.05) is 13.8 Å². The highest BCUT2D eigenvalue weighted by atomic mass is 16.7. The van der Waals surface area contributed by atoms with Gasteiger partial charge in [0.15, 0.2) is 6.29 Å². The highest BCUT2D eigenvalue weighted by Gasteiger charge is 2.10. The lowest BCUT2D eigenvalue weighted by molar-refractivity contribution is -0.169. The molecule has 0 spiro atoms. The third-order valence-electron chi connectivity index (χ3n) is 1.42. The first-order valence-electron chi connectivity index (χ1n) is 4.72. The lowest BCUT2D eigenvalue weighted by atomic mass is 10.3. The van der Waals surface area contributed by atoms with Gasteiger partial charge in [-0.25, -0.2) is 4.79 Å². The summed E-state index contributed by atoms with van der Waals surface area (Å²) in [7, 11) is 0. The van der Waals surface area contributed by atoms with Gasteiger partial charge in [-0.2, -0.15) is 0 Å². The summed E-state index contributed by atoms with van der Waals surface area (Å²) in [6.07, 6.45) is 0.874. The fourth-order valence-corrected chi connectivity index (χ4v) is 0.769. The van der Waals surface area contributed by atoms with Gasteiger partial charge in [-0.1, -0.05) is 0 Å². The highest BCUT2D eigenvalue weighted by Crippen LogP contribution is 2.02. The molecule has 0 radical (unpaired) electrons. The van der Waals surface area contributed by atoms with Crippen molar-refractivity contribution >= 4 is 5.97 Å². The Bertz CT molecular complexity index is 198. The Morgan fingerprint density at radius 2 is 2.00 bits per heavy atom. The Morgan fingerprint density at radius 3 is 2.50 bits per heavy atom. The van der Waals surface area contributed by atoms with Gasteiger partial charge >= 0.3 is 5.97 Å². The van der Waals surface area contributed by atoms with Crippen molar-refractivity contribution in [2.45, 2.75) is 34.0 Å². The second-order valence-corrected chi connectivity index (χ2v) is 2.68. The summed E-state index contributed by atoms with van der Waals surface area (Å²) >= 11 is 0. The molecule has 0 N–H and O–H groups in total. The van der Waals surface area contributed by atoms with Gasteiger partial charge in [-0.05, 0) is 27.7 Å². The molecule has 0 bridgehead atoms. The van der Waals surface area contributed by atoms with E-state index in [1.165, 1.54) is 6.26 Å². The maximum absolute atomic E-state index is 11.3. The zero-order valence-corrected chi connectivity index (χ0v) is 9.20. The smallest absolute Gasteiger partial charge is 0.339 e. The van der Waals surface area contributed by atoms with Crippen LogP contribution in [0.2, 0.25) is 0 Å². The Kier molecular flexibility index (Phi) is 6.84. The predicted octanol–water partition coefficient (Wildman–Crippen LogP) is 1.85. The summed E-state index contributed by atoms with van der Waals surface area (Å²) < 4.78 is 15.0. The van der Waals surface area contributed by atoms with Crippen LogP contribution in [0.4, 0.5) is 0 Å². The zero-order chi connectivity index (χ0) is 11.0. The molecule has 4 nitrogen and oxygen atoms in total. The number of hydrogen-bond acceptors (Lipinski definition) is 4. The van der Waals surface area contributed by atoms with Crippen molar-refractivity contribution in [2.24, 2.45) is 0 Å². The number of ether oxygens (including phenoxy) is 3. The Morgan fingerprint density at radius 1 is 1.36 bits per heavy atom. The van der Waals surface area contributed by atoms with E-state index in [1.54, 1.807) is 13.8 Å². The predicted molar refractivity (Wildman–Crippen MR) is 52.6 cm³/mol. The van der Waals surface area contributed by atoms with E-state index in [0.29, 0.717) is 18.8 Å². The second-order valence-electron chi connectivity index (χ2n) is 2.68. The maximum Gasteiger partial charge on any atom is 0.339 e. The highest BCUT2D eigenvalue weighted by molar-refractivity contribution is 5.87. The molecule has 0 aromatic heterocycles. The van der Waals surface area contributed by atoms with Crippen LogP contribution in [0.15, 0.2) is 11.8 Å². The van der Waals surface area contributed by atoms with E-state index in [0.717, 1.165) is 0 Å². The molecule has 0 heterocycles. The molecule has 0 saturated heterocycles. The molecule has 0 aliphatic rings. The summed E-state index contributed by atoms with van der Waals surface area (Å²) in [4.78, 5) is 11.3. The molecule has 0 aliphatic carbocycles. The van der Waals surface area contributed by atoms with Gasteiger partial charge in [0.05, 0.1) is 18.4 Å². The van der Waals surface area contributed by atoms with Crippen molar-refractivity contribution in [3.63, 3.8) is 0 Å². The Labute approximate surface area is 84.8 Å². The molecule has 0 aromatic carbocycles. The molecule has 1 atom stereocenters. The molecule has 82 valence electrons. The van der Waals surface area contributed by atoms with E-state index in [9.17, 15) is 4.79 Å². The maximum atomic E-state index is 11.3. The molecule has 0 rings (SSSR count). The molecule has 0 aromatic rings. The largest absolute Gasteiger partial charge is 0.501 e. The summed E-state index contributed by atoms with van der Waals surface area (Å²) in [5.41, 5.74) is 0.429. The SMILES string of the molecule is CCO/C=C(\C)C(=O)OC(C)OCC. The molecular weight excluding hydrogens is 184 g/mol. The molecule has 0 amide bonds. The molecule has 0 fully saturated rings. The van der Waals surface area contributed by atoms with E-state index in [-0.39, 0.29) is 0 Å². The first kappa shape index (κ1) is 13.0. The van der Waals surface area contributed by atoms with E-state index in [2.05, 4.69) is 0 Å². The lowest BCUT2D eigenvalue weighted by Gasteiger charge is -2.12. The van der Waals surface area contributed by atoms with Crippen LogP contribution in [-0.2, 0) is 19.0 Å². The standard InChI is InChI=1S/C10H18O4/c1-5-12-7-8(3)10(11)14-9(4)13-6-2/h7,9H,5-6H2,1-4H3/b8-7+. The molecule has 0 aliphatic heterocycles. The third kappa shape index (κ3) is 5.59. The van der Waals surface area contributed by atoms with Gasteiger partial charge in [0.1, 0.15) is 0 Å². The van der Waals surface area contributed by atoms with E-state index < -0.39 is 12.3 Å². The van der Waals surface area contributed by atoms with Crippen LogP contribution in [0.25, 0.3) is 0 Å². The number of carbonyl (C=O) groups is 1. The Balaban J connectivity index is 3.94. The number of rotatable bonds is 6. The van der Waals surface area contributed by atoms with Crippen molar-refractivity contribution in [3.05, 3.63) is 11.8 Å². The summed E-state index contributed by atoms with van der Waals surface area (Å²) in [5, 5.41) is 0. The van der Waals surface area contributed by atoms with Crippen molar-refractivity contribution in [2.75, 3.05) is 13.2 Å². The van der Waals surface area contributed by atoms with Crippen LogP contribution in [-0.4, -0.2) is 25.5 Å². The first-order valence-corrected chi connectivity index (χ1v) is 4.72. The number of esters is 1. The van der Waals surface area contributed by atoms with E-state index in [4.69, 9.17) is 14.2 Å². The minimum absolute atomic E-state index is 0.417. The zero-order valence-electron chi connectivity index (χ0n) is 9.20. The van der Waals surface area contributed by atoms with Crippen molar-refractivity contribution in [1.29, 1.82) is 0 Å². The van der Waals surface area contributed by atoms with Crippen LogP contribution in [0.5, 0.6) is 0 Å². The molecule has 14 heavy (non-hydrogen) atoms. The van der Waals surface area contributed by atoms with Crippen LogP contribution in [0.3, 0.4) is 0 Å². The van der Waals surface area contributed by atoms with Crippen LogP contribution >= 0.6 is 0 Å². The quantitative estimate of drug-likeness (QED) is 0.285. The summed E-state index contributed by atoms with van der Waals surface area (Å²) in [5.74, 6) is -0.417. The van der Waals surface area contributed by atoms with E-state index >= 15 is 0 Å². The third-order valence-corrected chi connectivity index (χ3v) is 1.42.